The molecular weight excluding hydrogens is 342 g/mol. The quantitative estimate of drug-likeness (QED) is 0.829. The number of amides is 2. The van der Waals surface area contributed by atoms with Gasteiger partial charge in [-0.15, -0.1) is 0 Å². The predicted molar refractivity (Wildman–Crippen MR) is 99.6 cm³/mol. The summed E-state index contributed by atoms with van der Waals surface area (Å²) >= 11 is 6.05. The van der Waals surface area contributed by atoms with Crippen molar-refractivity contribution >= 4 is 34.8 Å². The maximum Gasteiger partial charge on any atom is 0.253 e. The number of carbonyl (C=O) groups is 2. The Bertz CT molecular complexity index is 778. The van der Waals surface area contributed by atoms with Gasteiger partial charge in [-0.05, 0) is 36.4 Å². The molecule has 2 N–H and O–H groups in total. The summed E-state index contributed by atoms with van der Waals surface area (Å²) < 4.78 is 5.08. The van der Waals surface area contributed by atoms with Crippen LogP contribution in [0.1, 0.15) is 10.4 Å². The van der Waals surface area contributed by atoms with Crippen molar-refractivity contribution in [3.8, 4) is 5.75 Å². The highest BCUT2D eigenvalue weighted by molar-refractivity contribution is 6.32. The summed E-state index contributed by atoms with van der Waals surface area (Å²) in [5, 5.41) is 6.20. The SMILES string of the molecule is COc1ccc(NCC(=O)Nc2cccc(C(=O)N(C)C)c2)cc1Cl. The average Bonchev–Trinajstić information content (AvgIpc) is 2.59. The van der Waals surface area contributed by atoms with E-state index in [-0.39, 0.29) is 18.4 Å². The molecule has 7 heteroatoms. The first-order valence-corrected chi connectivity index (χ1v) is 7.97. The smallest absolute Gasteiger partial charge is 0.253 e. The van der Waals surface area contributed by atoms with Gasteiger partial charge in [0.25, 0.3) is 5.91 Å². The average molecular weight is 362 g/mol. The molecule has 2 amide bonds. The van der Waals surface area contributed by atoms with Gasteiger partial charge in [0, 0.05) is 31.0 Å². The van der Waals surface area contributed by atoms with Gasteiger partial charge in [-0.25, -0.2) is 0 Å². The lowest BCUT2D eigenvalue weighted by molar-refractivity contribution is -0.114. The van der Waals surface area contributed by atoms with E-state index in [1.165, 1.54) is 12.0 Å². The third-order valence-electron chi connectivity index (χ3n) is 3.40. The Balaban J connectivity index is 1.95. The number of benzene rings is 2. The molecule has 0 radical (unpaired) electrons. The molecule has 2 rings (SSSR count). The van der Waals surface area contributed by atoms with Crippen molar-refractivity contribution < 1.29 is 14.3 Å². The van der Waals surface area contributed by atoms with Crippen LogP contribution in [-0.4, -0.2) is 44.5 Å². The van der Waals surface area contributed by atoms with Crippen LogP contribution < -0.4 is 15.4 Å². The van der Waals surface area contributed by atoms with Crippen molar-refractivity contribution in [2.75, 3.05) is 38.4 Å². The number of rotatable bonds is 6. The lowest BCUT2D eigenvalue weighted by Gasteiger charge is -2.12. The highest BCUT2D eigenvalue weighted by Crippen LogP contribution is 2.27. The summed E-state index contributed by atoms with van der Waals surface area (Å²) in [6.07, 6.45) is 0. The van der Waals surface area contributed by atoms with Crippen LogP contribution >= 0.6 is 11.6 Å². The molecule has 6 nitrogen and oxygen atoms in total. The molecule has 0 aliphatic heterocycles. The van der Waals surface area contributed by atoms with Gasteiger partial charge in [-0.1, -0.05) is 17.7 Å². The number of methoxy groups -OCH3 is 1. The van der Waals surface area contributed by atoms with E-state index < -0.39 is 0 Å². The second kappa shape index (κ2) is 8.39. The fraction of sp³-hybridized carbons (Fsp3) is 0.222. The lowest BCUT2D eigenvalue weighted by atomic mass is 10.2. The minimum Gasteiger partial charge on any atom is -0.495 e. The highest BCUT2D eigenvalue weighted by atomic mass is 35.5. The van der Waals surface area contributed by atoms with Crippen LogP contribution in [0.3, 0.4) is 0 Å². The maximum atomic E-state index is 12.1. The molecule has 25 heavy (non-hydrogen) atoms. The Morgan fingerprint density at radius 1 is 1.12 bits per heavy atom. The molecule has 0 aromatic heterocycles. The van der Waals surface area contributed by atoms with Gasteiger partial charge in [0.2, 0.25) is 5.91 Å². The number of ether oxygens (including phenoxy) is 1. The minimum absolute atomic E-state index is 0.0640. The molecule has 0 saturated heterocycles. The van der Waals surface area contributed by atoms with E-state index in [9.17, 15) is 9.59 Å². The molecule has 2 aromatic carbocycles. The van der Waals surface area contributed by atoms with Crippen molar-refractivity contribution in [2.45, 2.75) is 0 Å². The highest BCUT2D eigenvalue weighted by Gasteiger charge is 2.10. The first kappa shape index (κ1) is 18.6. The maximum absolute atomic E-state index is 12.1. The topological polar surface area (TPSA) is 70.7 Å². The summed E-state index contributed by atoms with van der Waals surface area (Å²) in [5.41, 5.74) is 1.78. The summed E-state index contributed by atoms with van der Waals surface area (Å²) in [5.74, 6) is 0.211. The van der Waals surface area contributed by atoms with E-state index >= 15 is 0 Å². The number of hydrogen-bond acceptors (Lipinski definition) is 4. The molecule has 132 valence electrons. The molecule has 0 aliphatic rings. The van der Waals surface area contributed by atoms with Crippen LogP contribution in [0.4, 0.5) is 11.4 Å². The normalized spacial score (nSPS) is 10.1. The van der Waals surface area contributed by atoms with Crippen molar-refractivity contribution in [2.24, 2.45) is 0 Å². The molecule has 0 aliphatic carbocycles. The van der Waals surface area contributed by atoms with Crippen LogP contribution in [-0.2, 0) is 4.79 Å². The van der Waals surface area contributed by atoms with E-state index in [0.717, 1.165) is 0 Å². The summed E-state index contributed by atoms with van der Waals surface area (Å²) in [6, 6.07) is 12.0. The Morgan fingerprint density at radius 3 is 2.52 bits per heavy atom. The van der Waals surface area contributed by atoms with E-state index in [2.05, 4.69) is 10.6 Å². The van der Waals surface area contributed by atoms with Crippen LogP contribution in [0.25, 0.3) is 0 Å². The van der Waals surface area contributed by atoms with Crippen molar-refractivity contribution in [3.63, 3.8) is 0 Å². The number of hydrogen-bond donors (Lipinski definition) is 2. The molecule has 0 unspecified atom stereocenters. The van der Waals surface area contributed by atoms with Gasteiger partial charge in [-0.2, -0.15) is 0 Å². The Kier molecular flexibility index (Phi) is 6.25. The second-order valence-electron chi connectivity index (χ2n) is 5.53. The standard InChI is InChI=1S/C18H20ClN3O3/c1-22(2)18(24)12-5-4-6-14(9-12)21-17(23)11-20-13-7-8-16(25-3)15(19)10-13/h4-10,20H,11H2,1-3H3,(H,21,23). The van der Waals surface area contributed by atoms with Crippen molar-refractivity contribution in [3.05, 3.63) is 53.1 Å². The van der Waals surface area contributed by atoms with E-state index in [1.807, 2.05) is 0 Å². The molecule has 0 bridgehead atoms. The Labute approximate surface area is 151 Å². The van der Waals surface area contributed by atoms with Crippen LogP contribution in [0.15, 0.2) is 42.5 Å². The van der Waals surface area contributed by atoms with Crippen LogP contribution in [0, 0.1) is 0 Å². The van der Waals surface area contributed by atoms with Gasteiger partial charge in [0.15, 0.2) is 0 Å². The van der Waals surface area contributed by atoms with Crippen LogP contribution in [0.2, 0.25) is 5.02 Å². The number of halogens is 1. The monoisotopic (exact) mass is 361 g/mol. The zero-order chi connectivity index (χ0) is 18.4. The number of nitrogens with zero attached hydrogens (tertiary/aromatic N) is 1. The fourth-order valence-electron chi connectivity index (χ4n) is 2.15. The predicted octanol–water partition coefficient (Wildman–Crippen LogP) is 3.10. The molecular formula is C18H20ClN3O3. The summed E-state index contributed by atoms with van der Waals surface area (Å²) in [6.45, 7) is 0.0640. The Hall–Kier alpha value is -2.73. The van der Waals surface area contributed by atoms with Crippen molar-refractivity contribution in [1.29, 1.82) is 0 Å². The zero-order valence-corrected chi connectivity index (χ0v) is 15.1. The zero-order valence-electron chi connectivity index (χ0n) is 14.3. The first-order valence-electron chi connectivity index (χ1n) is 7.59. The van der Waals surface area contributed by atoms with Gasteiger partial charge in [-0.3, -0.25) is 9.59 Å². The van der Waals surface area contributed by atoms with E-state index in [1.54, 1.807) is 56.6 Å². The first-order chi connectivity index (χ1) is 11.9. The summed E-state index contributed by atoms with van der Waals surface area (Å²) in [4.78, 5) is 25.5. The molecule has 0 fully saturated rings. The largest absolute Gasteiger partial charge is 0.495 e. The lowest BCUT2D eigenvalue weighted by Crippen LogP contribution is -2.23. The van der Waals surface area contributed by atoms with Gasteiger partial charge >= 0.3 is 0 Å². The molecule has 0 spiro atoms. The van der Waals surface area contributed by atoms with Crippen molar-refractivity contribution in [1.82, 2.24) is 4.90 Å². The fourth-order valence-corrected chi connectivity index (χ4v) is 2.41. The van der Waals surface area contributed by atoms with Crippen LogP contribution in [0.5, 0.6) is 5.75 Å². The van der Waals surface area contributed by atoms with E-state index in [4.69, 9.17) is 16.3 Å². The third kappa shape index (κ3) is 5.12. The van der Waals surface area contributed by atoms with E-state index in [0.29, 0.717) is 27.7 Å². The third-order valence-corrected chi connectivity index (χ3v) is 3.70. The molecule has 2 aromatic rings. The number of carbonyl (C=O) groups excluding carboxylic acids is 2. The molecule has 0 heterocycles. The number of nitrogens with one attached hydrogen (secondary N) is 2. The Morgan fingerprint density at radius 2 is 1.88 bits per heavy atom. The number of anilines is 2. The minimum atomic E-state index is -0.235. The second-order valence-corrected chi connectivity index (χ2v) is 5.94. The van der Waals surface area contributed by atoms with Gasteiger partial charge in [0.05, 0.1) is 18.7 Å². The van der Waals surface area contributed by atoms with Gasteiger partial charge < -0.3 is 20.3 Å². The molecule has 0 atom stereocenters. The van der Waals surface area contributed by atoms with Gasteiger partial charge in [0.1, 0.15) is 5.75 Å². The summed E-state index contributed by atoms with van der Waals surface area (Å²) in [7, 11) is 4.89. The molecule has 0 saturated carbocycles.